The Labute approximate surface area is 137 Å². The number of nitrogens with one attached hydrogen (secondary N) is 1. The first kappa shape index (κ1) is 15.7. The van der Waals surface area contributed by atoms with Gasteiger partial charge >= 0.3 is 0 Å². The highest BCUT2D eigenvalue weighted by molar-refractivity contribution is 5.80. The van der Waals surface area contributed by atoms with Crippen LogP contribution in [-0.4, -0.2) is 20.7 Å². The van der Waals surface area contributed by atoms with Crippen LogP contribution in [0.25, 0.3) is 0 Å². The fourth-order valence-electron chi connectivity index (χ4n) is 3.50. The number of fused-ring (bicyclic) bond motifs is 1. The Bertz CT molecular complexity index is 665. The molecule has 0 aliphatic heterocycles. The summed E-state index contributed by atoms with van der Waals surface area (Å²) < 4.78 is 1.59. The lowest BCUT2D eigenvalue weighted by atomic mass is 9.74. The Hall–Kier alpha value is -2.17. The summed E-state index contributed by atoms with van der Waals surface area (Å²) in [5.41, 5.74) is 2.61. The second kappa shape index (κ2) is 6.52. The quantitative estimate of drug-likeness (QED) is 0.944. The van der Waals surface area contributed by atoms with Crippen LogP contribution >= 0.6 is 0 Å². The minimum atomic E-state index is -0.362. The largest absolute Gasteiger partial charge is 0.347 e. The van der Waals surface area contributed by atoms with Crippen molar-refractivity contribution in [2.24, 2.45) is 11.8 Å². The van der Waals surface area contributed by atoms with Gasteiger partial charge in [-0.25, -0.2) is 9.67 Å². The minimum Gasteiger partial charge on any atom is -0.347 e. The number of aromatic nitrogens is 3. The Morgan fingerprint density at radius 2 is 2.09 bits per heavy atom. The van der Waals surface area contributed by atoms with Crippen LogP contribution in [0.3, 0.4) is 0 Å². The van der Waals surface area contributed by atoms with Gasteiger partial charge in [0.2, 0.25) is 5.91 Å². The van der Waals surface area contributed by atoms with Crippen molar-refractivity contribution in [2.45, 2.75) is 45.7 Å². The number of rotatable bonds is 4. The maximum absolute atomic E-state index is 12.7. The van der Waals surface area contributed by atoms with Crippen molar-refractivity contribution >= 4 is 5.91 Å². The van der Waals surface area contributed by atoms with E-state index >= 15 is 0 Å². The molecule has 0 saturated carbocycles. The van der Waals surface area contributed by atoms with Gasteiger partial charge in [0.1, 0.15) is 18.7 Å². The van der Waals surface area contributed by atoms with Crippen molar-refractivity contribution in [3.8, 4) is 0 Å². The van der Waals surface area contributed by atoms with Crippen LogP contribution in [0.2, 0.25) is 0 Å². The van der Waals surface area contributed by atoms with Crippen molar-refractivity contribution in [3.05, 3.63) is 48.0 Å². The molecule has 0 bridgehead atoms. The van der Waals surface area contributed by atoms with E-state index in [4.69, 9.17) is 0 Å². The number of hydrogen-bond acceptors (Lipinski definition) is 3. The number of amides is 1. The van der Waals surface area contributed by atoms with E-state index in [-0.39, 0.29) is 18.0 Å². The van der Waals surface area contributed by atoms with E-state index in [1.807, 2.05) is 6.92 Å². The van der Waals surface area contributed by atoms with Crippen LogP contribution in [0.15, 0.2) is 36.9 Å². The minimum absolute atomic E-state index is 0.0112. The van der Waals surface area contributed by atoms with Gasteiger partial charge in [0.15, 0.2) is 0 Å². The van der Waals surface area contributed by atoms with E-state index in [1.54, 1.807) is 11.0 Å². The molecule has 1 aliphatic rings. The number of carbonyl (C=O) groups is 1. The summed E-state index contributed by atoms with van der Waals surface area (Å²) in [5, 5.41) is 7.34. The molecule has 122 valence electrons. The molecule has 0 saturated heterocycles. The van der Waals surface area contributed by atoms with Crippen LogP contribution in [0.4, 0.5) is 0 Å². The molecule has 1 amide bonds. The third-order valence-electron chi connectivity index (χ3n) is 4.93. The van der Waals surface area contributed by atoms with E-state index in [2.05, 4.69) is 53.5 Å². The summed E-state index contributed by atoms with van der Waals surface area (Å²) in [6.45, 7) is 6.32. The Kier molecular flexibility index (Phi) is 4.46. The topological polar surface area (TPSA) is 59.8 Å². The first-order valence-electron chi connectivity index (χ1n) is 8.30. The van der Waals surface area contributed by atoms with Gasteiger partial charge in [-0.2, -0.15) is 5.10 Å². The SMILES string of the molecule is CC(C)[C@@H]1CCc2ccccc2[C@@H]1NC(=O)[C@H](C)n1cncn1. The molecule has 1 aliphatic carbocycles. The van der Waals surface area contributed by atoms with Crippen molar-refractivity contribution in [1.29, 1.82) is 0 Å². The van der Waals surface area contributed by atoms with Gasteiger partial charge < -0.3 is 5.32 Å². The first-order chi connectivity index (χ1) is 11.1. The molecule has 3 atom stereocenters. The number of carbonyl (C=O) groups excluding carboxylic acids is 1. The van der Waals surface area contributed by atoms with Crippen LogP contribution < -0.4 is 5.32 Å². The highest BCUT2D eigenvalue weighted by atomic mass is 16.2. The van der Waals surface area contributed by atoms with E-state index in [0.29, 0.717) is 11.8 Å². The molecule has 0 radical (unpaired) electrons. The predicted molar refractivity (Wildman–Crippen MR) is 88.7 cm³/mol. The average Bonchev–Trinajstić information content (AvgIpc) is 3.08. The zero-order valence-electron chi connectivity index (χ0n) is 13.9. The zero-order valence-corrected chi connectivity index (χ0v) is 13.9. The van der Waals surface area contributed by atoms with Crippen molar-refractivity contribution in [2.75, 3.05) is 0 Å². The summed E-state index contributed by atoms with van der Waals surface area (Å²) in [6.07, 6.45) is 5.23. The standard InChI is InChI=1S/C18H24N4O/c1-12(2)15-9-8-14-6-4-5-7-16(14)17(15)21-18(23)13(3)22-11-19-10-20-22/h4-7,10-13,15,17H,8-9H2,1-3H3,(H,21,23)/t13-,15-,17+/m0/s1. The summed E-state index contributed by atoms with van der Waals surface area (Å²) in [6, 6.07) is 8.16. The van der Waals surface area contributed by atoms with E-state index < -0.39 is 0 Å². The molecule has 1 N–H and O–H groups in total. The molecule has 1 aromatic heterocycles. The number of aryl methyl sites for hydroxylation is 1. The molecule has 1 aromatic carbocycles. The molecule has 0 spiro atoms. The van der Waals surface area contributed by atoms with E-state index in [1.165, 1.54) is 17.5 Å². The molecular weight excluding hydrogens is 288 g/mol. The number of benzene rings is 1. The highest BCUT2D eigenvalue weighted by Gasteiger charge is 2.33. The molecule has 23 heavy (non-hydrogen) atoms. The Morgan fingerprint density at radius 3 is 2.78 bits per heavy atom. The lowest BCUT2D eigenvalue weighted by molar-refractivity contribution is -0.125. The smallest absolute Gasteiger partial charge is 0.245 e. The normalized spacial score (nSPS) is 21.7. The second-order valence-electron chi connectivity index (χ2n) is 6.68. The molecule has 2 aromatic rings. The van der Waals surface area contributed by atoms with Gasteiger partial charge in [-0.15, -0.1) is 0 Å². The van der Waals surface area contributed by atoms with Crippen LogP contribution in [0, 0.1) is 11.8 Å². The average molecular weight is 312 g/mol. The maximum Gasteiger partial charge on any atom is 0.245 e. The fraction of sp³-hybridized carbons (Fsp3) is 0.500. The Balaban J connectivity index is 1.84. The first-order valence-corrected chi connectivity index (χ1v) is 8.30. The molecular formula is C18H24N4O. The van der Waals surface area contributed by atoms with Crippen molar-refractivity contribution in [3.63, 3.8) is 0 Å². The van der Waals surface area contributed by atoms with Gasteiger partial charge in [0.05, 0.1) is 6.04 Å². The maximum atomic E-state index is 12.7. The van der Waals surface area contributed by atoms with E-state index in [9.17, 15) is 4.79 Å². The summed E-state index contributed by atoms with van der Waals surface area (Å²) >= 11 is 0. The van der Waals surface area contributed by atoms with E-state index in [0.717, 1.165) is 12.8 Å². The lowest BCUT2D eigenvalue weighted by Crippen LogP contribution is -2.41. The monoisotopic (exact) mass is 312 g/mol. The molecule has 3 rings (SSSR count). The van der Waals surface area contributed by atoms with Crippen LogP contribution in [0.5, 0.6) is 0 Å². The van der Waals surface area contributed by atoms with Gasteiger partial charge in [0, 0.05) is 0 Å². The third kappa shape index (κ3) is 3.14. The van der Waals surface area contributed by atoms with Crippen LogP contribution in [-0.2, 0) is 11.2 Å². The number of nitrogens with zero attached hydrogens (tertiary/aromatic N) is 3. The summed E-state index contributed by atoms with van der Waals surface area (Å²) in [5.74, 6) is 0.968. The summed E-state index contributed by atoms with van der Waals surface area (Å²) in [4.78, 5) is 16.6. The Morgan fingerprint density at radius 1 is 1.30 bits per heavy atom. The number of hydrogen-bond donors (Lipinski definition) is 1. The van der Waals surface area contributed by atoms with Gasteiger partial charge in [0.25, 0.3) is 0 Å². The highest BCUT2D eigenvalue weighted by Crippen LogP contribution is 2.38. The zero-order chi connectivity index (χ0) is 16.4. The van der Waals surface area contributed by atoms with Crippen LogP contribution in [0.1, 0.15) is 50.4 Å². The van der Waals surface area contributed by atoms with Gasteiger partial charge in [-0.1, -0.05) is 38.1 Å². The fourth-order valence-corrected chi connectivity index (χ4v) is 3.50. The molecule has 5 nitrogen and oxygen atoms in total. The molecule has 1 heterocycles. The lowest BCUT2D eigenvalue weighted by Gasteiger charge is -2.37. The van der Waals surface area contributed by atoms with Gasteiger partial charge in [-0.05, 0) is 42.7 Å². The van der Waals surface area contributed by atoms with Gasteiger partial charge in [-0.3, -0.25) is 4.79 Å². The van der Waals surface area contributed by atoms with Crippen molar-refractivity contribution < 1.29 is 4.79 Å². The predicted octanol–water partition coefficient (Wildman–Crippen LogP) is 2.92. The molecule has 0 unspecified atom stereocenters. The third-order valence-corrected chi connectivity index (χ3v) is 4.93. The second-order valence-corrected chi connectivity index (χ2v) is 6.68. The molecule has 5 heteroatoms. The summed E-state index contributed by atoms with van der Waals surface area (Å²) in [7, 11) is 0. The van der Waals surface area contributed by atoms with Crippen molar-refractivity contribution in [1.82, 2.24) is 20.1 Å². The molecule has 0 fully saturated rings.